The number of H-pyrrole nitrogens is 1. The highest BCUT2D eigenvalue weighted by Crippen LogP contribution is 2.07. The van der Waals surface area contributed by atoms with Crippen molar-refractivity contribution in [3.05, 3.63) is 47.4 Å². The number of sulfonamides is 1. The molecule has 0 atom stereocenters. The van der Waals surface area contributed by atoms with Gasteiger partial charge >= 0.3 is 5.97 Å². The van der Waals surface area contributed by atoms with Crippen LogP contribution in [-0.4, -0.2) is 36.0 Å². The Morgan fingerprint density at radius 3 is 2.52 bits per heavy atom. The van der Waals surface area contributed by atoms with Crippen molar-refractivity contribution in [3.63, 3.8) is 0 Å². The molecule has 0 bridgehead atoms. The monoisotopic (exact) mass is 309 g/mol. The van der Waals surface area contributed by atoms with Gasteiger partial charge in [-0.2, -0.15) is 0 Å². The molecule has 0 amide bonds. The van der Waals surface area contributed by atoms with E-state index in [4.69, 9.17) is 5.11 Å². The molecule has 7 nitrogen and oxygen atoms in total. The van der Waals surface area contributed by atoms with Crippen LogP contribution >= 0.6 is 0 Å². The highest BCUT2D eigenvalue weighted by Gasteiger charge is 2.15. The fraction of sp³-hybridized carbons (Fsp3) is 0.231. The van der Waals surface area contributed by atoms with E-state index in [1.165, 1.54) is 18.3 Å². The summed E-state index contributed by atoms with van der Waals surface area (Å²) in [5.41, 5.74) is 1.05. The molecule has 3 N–H and O–H groups in total. The first-order valence-corrected chi connectivity index (χ1v) is 7.70. The molecule has 0 aliphatic heterocycles. The number of hydrogen-bond donors (Lipinski definition) is 3. The SMILES string of the molecule is Cc1ncc(S(=O)(=O)NCCc2ccc(C(=O)O)cc2)[nH]1. The second-order valence-corrected chi connectivity index (χ2v) is 6.22. The quantitative estimate of drug-likeness (QED) is 0.735. The Kier molecular flexibility index (Phi) is 4.39. The summed E-state index contributed by atoms with van der Waals surface area (Å²) in [7, 11) is -3.59. The molecule has 0 fully saturated rings. The lowest BCUT2D eigenvalue weighted by Crippen LogP contribution is -2.26. The van der Waals surface area contributed by atoms with E-state index in [1.54, 1.807) is 19.1 Å². The third kappa shape index (κ3) is 3.89. The third-order valence-corrected chi connectivity index (χ3v) is 4.25. The number of hydrogen-bond acceptors (Lipinski definition) is 4. The van der Waals surface area contributed by atoms with Crippen LogP contribution in [0.1, 0.15) is 21.7 Å². The smallest absolute Gasteiger partial charge is 0.335 e. The van der Waals surface area contributed by atoms with E-state index in [2.05, 4.69) is 14.7 Å². The summed E-state index contributed by atoms with van der Waals surface area (Å²) >= 11 is 0. The fourth-order valence-corrected chi connectivity index (χ4v) is 2.76. The number of aromatic nitrogens is 2. The van der Waals surface area contributed by atoms with Crippen molar-refractivity contribution in [2.75, 3.05) is 6.54 Å². The molecule has 2 rings (SSSR count). The van der Waals surface area contributed by atoms with E-state index < -0.39 is 16.0 Å². The molecule has 0 aliphatic carbocycles. The molecule has 0 saturated carbocycles. The maximum atomic E-state index is 11.9. The molecule has 0 saturated heterocycles. The van der Waals surface area contributed by atoms with Gasteiger partial charge in [-0.3, -0.25) is 0 Å². The van der Waals surface area contributed by atoms with Crippen molar-refractivity contribution < 1.29 is 18.3 Å². The first kappa shape index (κ1) is 15.2. The van der Waals surface area contributed by atoms with E-state index in [-0.39, 0.29) is 17.1 Å². The summed E-state index contributed by atoms with van der Waals surface area (Å²) < 4.78 is 26.3. The van der Waals surface area contributed by atoms with Gasteiger partial charge in [-0.1, -0.05) is 12.1 Å². The predicted molar refractivity (Wildman–Crippen MR) is 75.6 cm³/mol. The largest absolute Gasteiger partial charge is 0.478 e. The minimum Gasteiger partial charge on any atom is -0.478 e. The maximum Gasteiger partial charge on any atom is 0.335 e. The zero-order valence-corrected chi connectivity index (χ0v) is 12.1. The molecule has 21 heavy (non-hydrogen) atoms. The van der Waals surface area contributed by atoms with Crippen molar-refractivity contribution in [2.45, 2.75) is 18.4 Å². The molecule has 0 spiro atoms. The molecule has 2 aromatic rings. The average molecular weight is 309 g/mol. The summed E-state index contributed by atoms with van der Waals surface area (Å²) in [6.45, 7) is 1.88. The number of aromatic amines is 1. The molecule has 8 heteroatoms. The van der Waals surface area contributed by atoms with Gasteiger partial charge in [-0.05, 0) is 31.0 Å². The Bertz CT molecular complexity index is 735. The van der Waals surface area contributed by atoms with Crippen LogP contribution in [0, 0.1) is 6.92 Å². The van der Waals surface area contributed by atoms with Crippen LogP contribution in [0.3, 0.4) is 0 Å². The number of nitrogens with one attached hydrogen (secondary N) is 2. The maximum absolute atomic E-state index is 11.9. The van der Waals surface area contributed by atoms with Gasteiger partial charge < -0.3 is 10.1 Å². The molecule has 0 aliphatic rings. The minimum absolute atomic E-state index is 0.0289. The highest BCUT2D eigenvalue weighted by molar-refractivity contribution is 7.89. The van der Waals surface area contributed by atoms with Gasteiger partial charge in [0.05, 0.1) is 11.8 Å². The Balaban J connectivity index is 1.93. The van der Waals surface area contributed by atoms with Gasteiger partial charge in [0.1, 0.15) is 5.82 Å². The van der Waals surface area contributed by atoms with E-state index >= 15 is 0 Å². The third-order valence-electron chi connectivity index (χ3n) is 2.88. The number of carbonyl (C=O) groups is 1. The number of rotatable bonds is 6. The molecule has 1 heterocycles. The number of nitrogens with zero attached hydrogens (tertiary/aromatic N) is 1. The highest BCUT2D eigenvalue weighted by atomic mass is 32.2. The van der Waals surface area contributed by atoms with Crippen molar-refractivity contribution in [3.8, 4) is 0 Å². The number of benzene rings is 1. The molecule has 1 aromatic carbocycles. The fourth-order valence-electron chi connectivity index (χ4n) is 1.76. The molecular formula is C13H15N3O4S. The number of aromatic carboxylic acids is 1. The van der Waals surface area contributed by atoms with Crippen molar-refractivity contribution in [1.82, 2.24) is 14.7 Å². The zero-order valence-electron chi connectivity index (χ0n) is 11.3. The Labute approximate surface area is 122 Å². The van der Waals surface area contributed by atoms with Crippen LogP contribution in [0.15, 0.2) is 35.5 Å². The van der Waals surface area contributed by atoms with Crippen LogP contribution in [-0.2, 0) is 16.4 Å². The van der Waals surface area contributed by atoms with Gasteiger partial charge in [0, 0.05) is 6.54 Å². The lowest BCUT2D eigenvalue weighted by molar-refractivity contribution is 0.0697. The second-order valence-electron chi connectivity index (χ2n) is 4.48. The summed E-state index contributed by atoms with van der Waals surface area (Å²) in [4.78, 5) is 17.2. The Morgan fingerprint density at radius 1 is 1.33 bits per heavy atom. The van der Waals surface area contributed by atoms with Crippen LogP contribution in [0.4, 0.5) is 0 Å². The normalized spacial score (nSPS) is 11.5. The van der Waals surface area contributed by atoms with E-state index in [0.29, 0.717) is 12.2 Å². The number of imidazole rings is 1. The Morgan fingerprint density at radius 2 is 2.00 bits per heavy atom. The average Bonchev–Trinajstić information content (AvgIpc) is 2.87. The standard InChI is InChI=1S/C13H15N3O4S/c1-9-14-8-12(16-9)21(19,20)15-7-6-10-2-4-11(5-3-10)13(17)18/h2-5,8,15H,6-7H2,1H3,(H,14,16)(H,17,18). The van der Waals surface area contributed by atoms with Crippen LogP contribution in [0.25, 0.3) is 0 Å². The van der Waals surface area contributed by atoms with Gasteiger partial charge in [0.15, 0.2) is 5.03 Å². The molecule has 1 aromatic heterocycles. The first-order valence-electron chi connectivity index (χ1n) is 6.22. The van der Waals surface area contributed by atoms with Crippen LogP contribution < -0.4 is 4.72 Å². The second kappa shape index (κ2) is 6.06. The Hall–Kier alpha value is -2.19. The van der Waals surface area contributed by atoms with Crippen molar-refractivity contribution in [1.29, 1.82) is 0 Å². The number of aryl methyl sites for hydroxylation is 1. The lowest BCUT2D eigenvalue weighted by atomic mass is 10.1. The van der Waals surface area contributed by atoms with E-state index in [9.17, 15) is 13.2 Å². The van der Waals surface area contributed by atoms with Gasteiger partial charge in [-0.25, -0.2) is 22.9 Å². The molecular weight excluding hydrogens is 294 g/mol. The van der Waals surface area contributed by atoms with Crippen molar-refractivity contribution in [2.24, 2.45) is 0 Å². The molecule has 0 unspecified atom stereocenters. The summed E-state index contributed by atoms with van der Waals surface area (Å²) in [5, 5.41) is 8.81. The topological polar surface area (TPSA) is 112 Å². The lowest BCUT2D eigenvalue weighted by Gasteiger charge is -2.05. The number of carboxylic acids is 1. The van der Waals surface area contributed by atoms with Gasteiger partial charge in [0.2, 0.25) is 0 Å². The number of carboxylic acid groups (broad SMARTS) is 1. The van der Waals surface area contributed by atoms with Gasteiger partial charge in [-0.15, -0.1) is 0 Å². The summed E-state index contributed by atoms with van der Waals surface area (Å²) in [5.74, 6) is -0.462. The molecule has 112 valence electrons. The van der Waals surface area contributed by atoms with Crippen LogP contribution in [0.5, 0.6) is 0 Å². The summed E-state index contributed by atoms with van der Waals surface area (Å²) in [6.07, 6.45) is 1.73. The summed E-state index contributed by atoms with van der Waals surface area (Å²) in [6, 6.07) is 6.31. The molecule has 0 radical (unpaired) electrons. The van der Waals surface area contributed by atoms with E-state index in [0.717, 1.165) is 5.56 Å². The van der Waals surface area contributed by atoms with Crippen LogP contribution in [0.2, 0.25) is 0 Å². The predicted octanol–water partition coefficient (Wildman–Crippen LogP) is 0.937. The minimum atomic E-state index is -3.59. The van der Waals surface area contributed by atoms with Crippen molar-refractivity contribution >= 4 is 16.0 Å². The first-order chi connectivity index (χ1) is 9.88. The zero-order chi connectivity index (χ0) is 15.5. The van der Waals surface area contributed by atoms with E-state index in [1.807, 2.05) is 0 Å². The van der Waals surface area contributed by atoms with Gasteiger partial charge in [0.25, 0.3) is 10.0 Å².